The molecule has 33 heavy (non-hydrogen) atoms. The largest absolute Gasteiger partial charge is 0.462 e. The van der Waals surface area contributed by atoms with Gasteiger partial charge in [-0.15, -0.1) is 0 Å². The molecule has 0 amide bonds. The summed E-state index contributed by atoms with van der Waals surface area (Å²) in [5.41, 5.74) is -3.15. The Morgan fingerprint density at radius 3 is 2.42 bits per heavy atom. The Morgan fingerprint density at radius 1 is 1.12 bits per heavy atom. The van der Waals surface area contributed by atoms with Gasteiger partial charge in [0, 0.05) is 37.0 Å². The number of Topliss-reactive ketones (excluding diaryl/α,β-unsaturated/α-hetero) is 1. The summed E-state index contributed by atoms with van der Waals surface area (Å²) in [6, 6.07) is 0. The molecule has 2 aliphatic heterocycles. The van der Waals surface area contributed by atoms with E-state index < -0.39 is 82.3 Å². The molecular formula is C24H30O9. The van der Waals surface area contributed by atoms with E-state index in [0.29, 0.717) is 12.8 Å². The maximum atomic E-state index is 13.8. The number of fused-ring (bicyclic) bond motifs is 1. The van der Waals surface area contributed by atoms with Gasteiger partial charge in [-0.2, -0.15) is 0 Å². The first-order valence-electron chi connectivity index (χ1n) is 11.5. The summed E-state index contributed by atoms with van der Waals surface area (Å²) < 4.78 is 23.2. The van der Waals surface area contributed by atoms with Crippen LogP contribution in [0.3, 0.4) is 0 Å². The normalized spacial score (nSPS) is 47.2. The minimum atomic E-state index is -1.90. The van der Waals surface area contributed by atoms with Gasteiger partial charge in [0.2, 0.25) is 0 Å². The molecule has 2 saturated heterocycles. The third-order valence-electron chi connectivity index (χ3n) is 8.91. The second kappa shape index (κ2) is 6.88. The van der Waals surface area contributed by atoms with Gasteiger partial charge in [0.15, 0.2) is 17.5 Å². The Labute approximate surface area is 191 Å². The van der Waals surface area contributed by atoms with Crippen molar-refractivity contribution in [2.24, 2.45) is 34.0 Å². The van der Waals surface area contributed by atoms with Gasteiger partial charge in [0.25, 0.3) is 0 Å². The zero-order chi connectivity index (χ0) is 24.1. The molecule has 1 N–H and O–H groups in total. The zero-order valence-electron chi connectivity index (χ0n) is 19.3. The molecular weight excluding hydrogens is 432 g/mol. The fraction of sp³-hybridized carbons (Fsp3) is 0.750. The highest BCUT2D eigenvalue weighted by Gasteiger charge is 2.83. The predicted molar refractivity (Wildman–Crippen MR) is 110 cm³/mol. The molecule has 9 atom stereocenters. The van der Waals surface area contributed by atoms with Crippen molar-refractivity contribution >= 4 is 23.7 Å². The Morgan fingerprint density at radius 2 is 1.79 bits per heavy atom. The van der Waals surface area contributed by atoms with Crippen molar-refractivity contribution in [1.29, 1.82) is 0 Å². The lowest BCUT2D eigenvalue weighted by Crippen LogP contribution is -2.74. The van der Waals surface area contributed by atoms with Crippen LogP contribution in [0, 0.1) is 34.0 Å². The second-order valence-corrected chi connectivity index (χ2v) is 10.9. The van der Waals surface area contributed by atoms with Gasteiger partial charge in [-0.3, -0.25) is 19.2 Å². The molecule has 0 radical (unpaired) electrons. The molecule has 0 aromatic carbocycles. The summed E-state index contributed by atoms with van der Waals surface area (Å²) in [6.45, 7) is 10.5. The standard InChI is InChI=1S/C24H30O9/c1-10-13-8-14(31-11(2)25)16-23-9-30-20(28)17(23)22(4,5)7-6-15(23)33-21(29)24(16,18(10)27)19(13)32-12(3)26/h13-17,19-20,28H,1,6-9H2,2-5H3. The molecule has 3 saturated carbocycles. The highest BCUT2D eigenvalue weighted by atomic mass is 16.6. The summed E-state index contributed by atoms with van der Waals surface area (Å²) in [5.74, 6) is -4.56. The molecule has 9 nitrogen and oxygen atoms in total. The maximum absolute atomic E-state index is 13.8. The van der Waals surface area contributed by atoms with Gasteiger partial charge in [-0.1, -0.05) is 20.4 Å². The Kier molecular flexibility index (Phi) is 4.70. The first-order chi connectivity index (χ1) is 15.4. The maximum Gasteiger partial charge on any atom is 0.324 e. The molecule has 0 aromatic rings. The Bertz CT molecular complexity index is 969. The summed E-state index contributed by atoms with van der Waals surface area (Å²) in [5, 5.41) is 11.0. The van der Waals surface area contributed by atoms with Crippen LogP contribution in [0.2, 0.25) is 0 Å². The molecule has 9 heteroatoms. The minimum Gasteiger partial charge on any atom is -0.462 e. The average molecular weight is 462 g/mol. The highest BCUT2D eigenvalue weighted by Crippen LogP contribution is 2.71. The summed E-state index contributed by atoms with van der Waals surface area (Å²) in [4.78, 5) is 51.8. The fourth-order valence-corrected chi connectivity index (χ4v) is 8.01. The number of ether oxygens (including phenoxy) is 4. The first kappa shape index (κ1) is 22.5. The van der Waals surface area contributed by atoms with Crippen molar-refractivity contribution < 1.29 is 43.2 Å². The van der Waals surface area contributed by atoms with E-state index in [4.69, 9.17) is 18.9 Å². The number of esters is 3. The zero-order valence-corrected chi connectivity index (χ0v) is 19.3. The highest BCUT2D eigenvalue weighted by molar-refractivity contribution is 6.16. The molecule has 2 spiro atoms. The third-order valence-corrected chi connectivity index (χ3v) is 8.91. The fourth-order valence-electron chi connectivity index (χ4n) is 8.01. The molecule has 2 heterocycles. The molecule has 2 bridgehead atoms. The monoisotopic (exact) mass is 462 g/mol. The van der Waals surface area contributed by atoms with Crippen molar-refractivity contribution in [3.8, 4) is 0 Å². The topological polar surface area (TPSA) is 125 Å². The number of aliphatic hydroxyl groups is 1. The predicted octanol–water partition coefficient (Wildman–Crippen LogP) is 1.31. The van der Waals surface area contributed by atoms with E-state index >= 15 is 0 Å². The van der Waals surface area contributed by atoms with E-state index in [2.05, 4.69) is 6.58 Å². The van der Waals surface area contributed by atoms with Gasteiger partial charge in [-0.05, 0) is 30.3 Å². The quantitative estimate of drug-likeness (QED) is 0.280. The average Bonchev–Trinajstić information content (AvgIpc) is 3.12. The Hall–Kier alpha value is -2.26. The van der Waals surface area contributed by atoms with E-state index in [1.165, 1.54) is 13.8 Å². The summed E-state index contributed by atoms with van der Waals surface area (Å²) >= 11 is 0. The number of aliphatic hydroxyl groups excluding tert-OH is 1. The number of hydrogen-bond acceptors (Lipinski definition) is 9. The van der Waals surface area contributed by atoms with Gasteiger partial charge >= 0.3 is 17.9 Å². The molecule has 5 rings (SSSR count). The van der Waals surface area contributed by atoms with Crippen LogP contribution in [0.1, 0.15) is 47.0 Å². The van der Waals surface area contributed by atoms with E-state index in [1.807, 2.05) is 13.8 Å². The lowest BCUT2D eigenvalue weighted by atomic mass is 9.43. The third kappa shape index (κ3) is 2.60. The molecule has 9 unspecified atom stereocenters. The van der Waals surface area contributed by atoms with Gasteiger partial charge in [0.1, 0.15) is 18.3 Å². The van der Waals surface area contributed by atoms with Crippen LogP contribution in [0.4, 0.5) is 0 Å². The van der Waals surface area contributed by atoms with Crippen molar-refractivity contribution in [3.63, 3.8) is 0 Å². The number of ketones is 1. The van der Waals surface area contributed by atoms with Crippen molar-refractivity contribution in [2.45, 2.75) is 71.6 Å². The summed E-state index contributed by atoms with van der Waals surface area (Å²) in [7, 11) is 0. The second-order valence-electron chi connectivity index (χ2n) is 10.9. The van der Waals surface area contributed by atoms with E-state index in [0.717, 1.165) is 0 Å². The van der Waals surface area contributed by atoms with Crippen LogP contribution in [0.15, 0.2) is 12.2 Å². The van der Waals surface area contributed by atoms with Crippen LogP contribution in [-0.2, 0) is 38.1 Å². The SMILES string of the molecule is C=C1C(=O)C23C(=O)OC4CCC(C)(C)C5C(O)OCC45C2C(OC(C)=O)CC1C3OC(C)=O. The van der Waals surface area contributed by atoms with Crippen LogP contribution in [0.25, 0.3) is 0 Å². The molecule has 0 aromatic heterocycles. The molecule has 3 aliphatic carbocycles. The Balaban J connectivity index is 1.79. The first-order valence-corrected chi connectivity index (χ1v) is 11.5. The van der Waals surface area contributed by atoms with Crippen LogP contribution in [0.5, 0.6) is 0 Å². The number of rotatable bonds is 2. The van der Waals surface area contributed by atoms with E-state index in [1.54, 1.807) is 0 Å². The van der Waals surface area contributed by atoms with Crippen LogP contribution in [-0.4, -0.2) is 60.0 Å². The van der Waals surface area contributed by atoms with E-state index in [9.17, 15) is 24.3 Å². The van der Waals surface area contributed by atoms with Crippen molar-refractivity contribution in [3.05, 3.63) is 12.2 Å². The van der Waals surface area contributed by atoms with Gasteiger partial charge in [0.05, 0.1) is 6.61 Å². The van der Waals surface area contributed by atoms with E-state index in [-0.39, 0.29) is 18.6 Å². The molecule has 5 fully saturated rings. The van der Waals surface area contributed by atoms with Crippen molar-refractivity contribution in [2.75, 3.05) is 6.61 Å². The molecule has 180 valence electrons. The van der Waals surface area contributed by atoms with Crippen LogP contribution < -0.4 is 0 Å². The lowest BCUT2D eigenvalue weighted by Gasteiger charge is -2.63. The van der Waals surface area contributed by atoms with Gasteiger partial charge in [-0.25, -0.2) is 0 Å². The smallest absolute Gasteiger partial charge is 0.324 e. The summed E-state index contributed by atoms with van der Waals surface area (Å²) in [6.07, 6.45) is -2.35. The van der Waals surface area contributed by atoms with Crippen molar-refractivity contribution in [1.82, 2.24) is 0 Å². The lowest BCUT2D eigenvalue weighted by molar-refractivity contribution is -0.270. The number of carbonyl (C=O) groups excluding carboxylic acids is 4. The van der Waals surface area contributed by atoms with Crippen LogP contribution >= 0.6 is 0 Å². The van der Waals surface area contributed by atoms with Gasteiger partial charge < -0.3 is 24.1 Å². The molecule has 5 aliphatic rings. The number of hydrogen-bond donors (Lipinski definition) is 1. The number of carbonyl (C=O) groups is 4. The minimum absolute atomic E-state index is 0.0294.